The highest BCUT2D eigenvalue weighted by Gasteiger charge is 2.43. The van der Waals surface area contributed by atoms with Gasteiger partial charge >= 0.3 is 0 Å². The van der Waals surface area contributed by atoms with Gasteiger partial charge in [0.05, 0.1) is 23.8 Å². The Kier molecular flexibility index (Phi) is 6.96. The van der Waals surface area contributed by atoms with E-state index in [0.717, 1.165) is 5.56 Å². The predicted molar refractivity (Wildman–Crippen MR) is 148 cm³/mol. The minimum atomic E-state index is -1.20. The molecule has 0 aromatic heterocycles. The predicted octanol–water partition coefficient (Wildman–Crippen LogP) is 5.96. The Morgan fingerprint density at radius 2 is 1.74 bits per heavy atom. The fourth-order valence-electron chi connectivity index (χ4n) is 4.44. The van der Waals surface area contributed by atoms with Crippen molar-refractivity contribution < 1.29 is 19.2 Å². The molecule has 4 aromatic carbocycles. The minimum Gasteiger partial charge on any atom is -0.493 e. The van der Waals surface area contributed by atoms with Gasteiger partial charge in [-0.1, -0.05) is 54.6 Å². The lowest BCUT2D eigenvalue weighted by atomic mass is 9.95. The lowest BCUT2D eigenvalue weighted by Gasteiger charge is -2.43. The molecule has 0 saturated heterocycles. The number of methoxy groups -OCH3 is 1. The van der Waals surface area contributed by atoms with Crippen LogP contribution in [0.3, 0.4) is 0 Å². The molecule has 1 atom stereocenters. The van der Waals surface area contributed by atoms with E-state index in [0.29, 0.717) is 40.5 Å². The molecular weight excluding hydrogens is 496 g/mol. The Balaban J connectivity index is 1.47. The molecule has 196 valence electrons. The third-order valence-corrected chi connectivity index (χ3v) is 6.52. The molecule has 0 fully saturated rings. The summed E-state index contributed by atoms with van der Waals surface area (Å²) in [5.74, 6) is 0.749. The summed E-state index contributed by atoms with van der Waals surface area (Å²) in [6, 6.07) is 28.4. The maximum atomic E-state index is 13.6. The summed E-state index contributed by atoms with van der Waals surface area (Å²) in [4.78, 5) is 24.6. The van der Waals surface area contributed by atoms with Gasteiger partial charge in [0.1, 0.15) is 6.61 Å². The first-order valence-electron chi connectivity index (χ1n) is 12.2. The van der Waals surface area contributed by atoms with Crippen LogP contribution in [0.1, 0.15) is 34.0 Å². The lowest BCUT2D eigenvalue weighted by molar-refractivity contribution is -0.385. The first-order valence-corrected chi connectivity index (χ1v) is 12.2. The zero-order valence-corrected chi connectivity index (χ0v) is 21.4. The number of non-ortho nitro benzene ring substituents is 1. The normalized spacial score (nSPS) is 16.5. The number of carbonyl (C=O) groups excluding carboxylic acids is 1. The molecule has 0 saturated carbocycles. The first-order chi connectivity index (χ1) is 18.9. The van der Waals surface area contributed by atoms with E-state index in [1.807, 2.05) is 42.5 Å². The summed E-state index contributed by atoms with van der Waals surface area (Å²) in [7, 11) is 1.56. The number of rotatable bonds is 8. The second-order valence-electron chi connectivity index (χ2n) is 9.10. The molecule has 9 heteroatoms. The van der Waals surface area contributed by atoms with Crippen LogP contribution in [0.25, 0.3) is 0 Å². The molecule has 0 bridgehead atoms. The number of nitrogens with zero attached hydrogens (tertiary/aromatic N) is 3. The lowest BCUT2D eigenvalue weighted by Crippen LogP contribution is -2.53. The maximum Gasteiger partial charge on any atom is 0.278 e. The van der Waals surface area contributed by atoms with Crippen molar-refractivity contribution >= 4 is 23.5 Å². The summed E-state index contributed by atoms with van der Waals surface area (Å²) >= 11 is 0. The number of fused-ring (bicyclic) bond motifs is 1. The fourth-order valence-corrected chi connectivity index (χ4v) is 4.44. The molecule has 9 nitrogen and oxygen atoms in total. The second-order valence-corrected chi connectivity index (χ2v) is 9.10. The summed E-state index contributed by atoms with van der Waals surface area (Å²) in [5.41, 5.74) is 2.00. The van der Waals surface area contributed by atoms with Gasteiger partial charge in [-0.2, -0.15) is 10.1 Å². The van der Waals surface area contributed by atoms with Crippen molar-refractivity contribution in [2.75, 3.05) is 12.4 Å². The van der Waals surface area contributed by atoms with E-state index in [-0.39, 0.29) is 11.6 Å². The van der Waals surface area contributed by atoms with Crippen molar-refractivity contribution in [1.82, 2.24) is 5.01 Å². The molecule has 1 amide bonds. The van der Waals surface area contributed by atoms with Crippen molar-refractivity contribution in [2.24, 2.45) is 5.10 Å². The van der Waals surface area contributed by atoms with Crippen molar-refractivity contribution in [3.05, 3.63) is 129 Å². The summed E-state index contributed by atoms with van der Waals surface area (Å²) in [6.07, 6.45) is 1.55. The SMILES string of the molecule is COc1cc(/C=N\N2C(=O)c3ccccc3N[C@@]2(C)c2cccc([N+](=O)[O-])c2)ccc1OCc1ccccc1. The van der Waals surface area contributed by atoms with Crippen LogP contribution >= 0.6 is 0 Å². The Hall–Kier alpha value is -5.18. The van der Waals surface area contributed by atoms with Gasteiger partial charge < -0.3 is 14.8 Å². The Labute approximate surface area is 225 Å². The number of hydrazone groups is 1. The van der Waals surface area contributed by atoms with E-state index in [9.17, 15) is 14.9 Å². The molecule has 1 aliphatic heterocycles. The number of hydrogen-bond acceptors (Lipinski definition) is 7. The molecule has 1 aliphatic rings. The topological polar surface area (TPSA) is 106 Å². The summed E-state index contributed by atoms with van der Waals surface area (Å²) in [5, 5.41) is 20.7. The Morgan fingerprint density at radius 3 is 2.51 bits per heavy atom. The van der Waals surface area contributed by atoms with Gasteiger partial charge in [-0.3, -0.25) is 14.9 Å². The van der Waals surface area contributed by atoms with E-state index in [4.69, 9.17) is 9.47 Å². The molecule has 4 aromatic rings. The quantitative estimate of drug-likeness (QED) is 0.174. The standard InChI is InChI=1S/C30H26N4O5/c1-30(23-11-8-12-24(18-23)34(36)37)32-26-14-7-6-13-25(26)29(35)33(30)31-19-22-15-16-27(28(17-22)38-2)39-20-21-9-4-3-5-10-21/h3-19,32H,20H2,1-2H3/b31-19-/t30-/m1/s1. The highest BCUT2D eigenvalue weighted by Crippen LogP contribution is 2.39. The first kappa shape index (κ1) is 25.5. The van der Waals surface area contributed by atoms with Crippen LogP contribution in [0, 0.1) is 10.1 Å². The van der Waals surface area contributed by atoms with Crippen LogP contribution in [-0.2, 0) is 12.3 Å². The third kappa shape index (κ3) is 5.15. The summed E-state index contributed by atoms with van der Waals surface area (Å²) < 4.78 is 11.5. The minimum absolute atomic E-state index is 0.0819. The van der Waals surface area contributed by atoms with Crippen LogP contribution in [-0.4, -0.2) is 29.2 Å². The highest BCUT2D eigenvalue weighted by atomic mass is 16.6. The largest absolute Gasteiger partial charge is 0.493 e. The zero-order chi connectivity index (χ0) is 27.4. The van der Waals surface area contributed by atoms with Gasteiger partial charge in [0, 0.05) is 23.4 Å². The highest BCUT2D eigenvalue weighted by molar-refractivity contribution is 6.02. The van der Waals surface area contributed by atoms with Gasteiger partial charge in [0.2, 0.25) is 0 Å². The van der Waals surface area contributed by atoms with E-state index < -0.39 is 10.6 Å². The van der Waals surface area contributed by atoms with Crippen LogP contribution in [0.15, 0.2) is 102 Å². The smallest absolute Gasteiger partial charge is 0.278 e. The second kappa shape index (κ2) is 10.7. The molecule has 0 radical (unpaired) electrons. The molecule has 1 N–H and O–H groups in total. The number of hydrogen-bond donors (Lipinski definition) is 1. The van der Waals surface area contributed by atoms with Crippen LogP contribution in [0.2, 0.25) is 0 Å². The molecule has 0 aliphatic carbocycles. The monoisotopic (exact) mass is 522 g/mol. The Morgan fingerprint density at radius 1 is 0.974 bits per heavy atom. The molecule has 5 rings (SSSR count). The van der Waals surface area contributed by atoms with E-state index in [1.165, 1.54) is 17.1 Å². The van der Waals surface area contributed by atoms with Gasteiger partial charge in [0.15, 0.2) is 17.2 Å². The number of para-hydroxylation sites is 1. The van der Waals surface area contributed by atoms with Crippen molar-refractivity contribution in [3.63, 3.8) is 0 Å². The zero-order valence-electron chi connectivity index (χ0n) is 21.4. The number of amides is 1. The van der Waals surface area contributed by atoms with Gasteiger partial charge in [-0.15, -0.1) is 0 Å². The Bertz CT molecular complexity index is 1560. The number of carbonyl (C=O) groups is 1. The fraction of sp³-hybridized carbons (Fsp3) is 0.133. The van der Waals surface area contributed by atoms with Gasteiger partial charge in [-0.25, -0.2) is 0 Å². The number of anilines is 1. The van der Waals surface area contributed by atoms with E-state index in [2.05, 4.69) is 10.4 Å². The molecule has 0 spiro atoms. The number of nitro groups is 1. The third-order valence-electron chi connectivity index (χ3n) is 6.52. The number of nitro benzene ring substituents is 1. The van der Waals surface area contributed by atoms with Crippen molar-refractivity contribution in [1.29, 1.82) is 0 Å². The van der Waals surface area contributed by atoms with Crippen molar-refractivity contribution in [2.45, 2.75) is 19.2 Å². The van der Waals surface area contributed by atoms with Gasteiger partial charge in [-0.05, 0) is 48.4 Å². The van der Waals surface area contributed by atoms with E-state index in [1.54, 1.807) is 62.7 Å². The van der Waals surface area contributed by atoms with Gasteiger partial charge in [0.25, 0.3) is 11.6 Å². The average Bonchev–Trinajstić information content (AvgIpc) is 2.96. The number of nitrogens with one attached hydrogen (secondary N) is 1. The molecular formula is C30H26N4O5. The summed E-state index contributed by atoms with van der Waals surface area (Å²) in [6.45, 7) is 2.15. The van der Waals surface area contributed by atoms with Crippen LogP contribution in [0.4, 0.5) is 11.4 Å². The van der Waals surface area contributed by atoms with Crippen molar-refractivity contribution in [3.8, 4) is 11.5 Å². The maximum absolute atomic E-state index is 13.6. The molecule has 0 unspecified atom stereocenters. The van der Waals surface area contributed by atoms with Crippen LogP contribution in [0.5, 0.6) is 11.5 Å². The van der Waals surface area contributed by atoms with E-state index >= 15 is 0 Å². The number of benzene rings is 4. The number of ether oxygens (including phenoxy) is 2. The average molecular weight is 523 g/mol. The molecule has 1 heterocycles. The molecule has 39 heavy (non-hydrogen) atoms. The van der Waals surface area contributed by atoms with Crippen LogP contribution < -0.4 is 14.8 Å².